The summed E-state index contributed by atoms with van der Waals surface area (Å²) in [5.41, 5.74) is -0.573. The number of rotatable bonds is 9. The average Bonchev–Trinajstić information content (AvgIpc) is 3.21. The van der Waals surface area contributed by atoms with Crippen molar-refractivity contribution in [3.05, 3.63) is 68.5 Å². The van der Waals surface area contributed by atoms with Crippen LogP contribution in [0.1, 0.15) is 10.4 Å². The summed E-state index contributed by atoms with van der Waals surface area (Å²) in [5.74, 6) is -1.66. The van der Waals surface area contributed by atoms with E-state index in [9.17, 15) is 29.8 Å². The van der Waals surface area contributed by atoms with E-state index in [1.165, 1.54) is 37.7 Å². The number of amides is 1. The Morgan fingerprint density at radius 1 is 1.15 bits per heavy atom. The zero-order valence-corrected chi connectivity index (χ0v) is 18.5. The van der Waals surface area contributed by atoms with Crippen LogP contribution in [0.4, 0.5) is 17.1 Å². The number of carbonyl (C=O) groups excluding carboxylic acids is 2. The summed E-state index contributed by atoms with van der Waals surface area (Å²) in [7, 11) is 2.95. The van der Waals surface area contributed by atoms with Crippen LogP contribution < -0.4 is 10.1 Å². The molecule has 0 aliphatic rings. The zero-order valence-electron chi connectivity index (χ0n) is 17.7. The van der Waals surface area contributed by atoms with E-state index in [0.717, 1.165) is 23.9 Å². The first kappa shape index (κ1) is 24.1. The van der Waals surface area contributed by atoms with E-state index in [4.69, 9.17) is 9.47 Å². The van der Waals surface area contributed by atoms with Crippen LogP contribution in [0.15, 0.2) is 52.8 Å². The van der Waals surface area contributed by atoms with Crippen LogP contribution >= 0.6 is 11.8 Å². The number of hydrogen-bond donors (Lipinski definition) is 1. The number of nitrogens with zero attached hydrogens (tertiary/aromatic N) is 5. The van der Waals surface area contributed by atoms with Gasteiger partial charge in [-0.15, -0.1) is 10.2 Å². The number of non-ortho nitro benzene ring substituents is 1. The van der Waals surface area contributed by atoms with Gasteiger partial charge >= 0.3 is 5.97 Å². The molecule has 0 unspecified atom stereocenters. The summed E-state index contributed by atoms with van der Waals surface area (Å²) in [6.45, 7) is -0.706. The van der Waals surface area contributed by atoms with Gasteiger partial charge in [-0.05, 0) is 30.0 Å². The molecule has 2 aromatic carbocycles. The number of benzene rings is 2. The lowest BCUT2D eigenvalue weighted by atomic mass is 10.2. The Morgan fingerprint density at radius 3 is 2.53 bits per heavy atom. The Bertz CT molecular complexity index is 1280. The number of hydrogen-bond acceptors (Lipinski definition) is 11. The second kappa shape index (κ2) is 10.4. The predicted molar refractivity (Wildman–Crippen MR) is 117 cm³/mol. The number of ether oxygens (including phenoxy) is 2. The van der Waals surface area contributed by atoms with Crippen LogP contribution in [0.5, 0.6) is 5.75 Å². The van der Waals surface area contributed by atoms with Gasteiger partial charge in [-0.3, -0.25) is 25.0 Å². The number of anilines is 1. The largest absolute Gasteiger partial charge is 0.494 e. The fourth-order valence-corrected chi connectivity index (χ4v) is 3.48. The lowest BCUT2D eigenvalue weighted by molar-refractivity contribution is -0.387. The Kier molecular flexibility index (Phi) is 7.37. The smallest absolute Gasteiger partial charge is 0.338 e. The molecule has 14 nitrogen and oxygen atoms in total. The molecule has 1 amide bonds. The number of esters is 1. The summed E-state index contributed by atoms with van der Waals surface area (Å²) in [6.07, 6.45) is 1.44. The number of nitrogens with one attached hydrogen (secondary N) is 1. The summed E-state index contributed by atoms with van der Waals surface area (Å²) in [5, 5.41) is 32.7. The van der Waals surface area contributed by atoms with Crippen molar-refractivity contribution in [1.29, 1.82) is 0 Å². The molecule has 0 fully saturated rings. The molecule has 1 N–H and O–H groups in total. The van der Waals surface area contributed by atoms with Crippen LogP contribution in [-0.2, 0) is 16.6 Å². The van der Waals surface area contributed by atoms with Gasteiger partial charge in [0.2, 0.25) is 0 Å². The molecule has 176 valence electrons. The second-order valence-corrected chi connectivity index (χ2v) is 7.54. The average molecular weight is 488 g/mol. The molecule has 0 bridgehead atoms. The van der Waals surface area contributed by atoms with Crippen LogP contribution in [0, 0.1) is 20.2 Å². The Balaban J connectivity index is 1.67. The van der Waals surface area contributed by atoms with E-state index in [1.54, 1.807) is 11.6 Å². The normalized spacial score (nSPS) is 10.4. The first-order valence-corrected chi connectivity index (χ1v) is 10.1. The first-order chi connectivity index (χ1) is 16.2. The van der Waals surface area contributed by atoms with Crippen molar-refractivity contribution in [3.63, 3.8) is 0 Å². The van der Waals surface area contributed by atoms with Gasteiger partial charge in [0.25, 0.3) is 17.3 Å². The number of aryl methyl sites for hydroxylation is 1. The molecule has 1 aromatic heterocycles. The Labute approximate surface area is 195 Å². The van der Waals surface area contributed by atoms with Crippen molar-refractivity contribution >= 4 is 40.7 Å². The van der Waals surface area contributed by atoms with E-state index in [-0.39, 0.29) is 33.3 Å². The summed E-state index contributed by atoms with van der Waals surface area (Å²) < 4.78 is 11.5. The molecular weight excluding hydrogens is 472 g/mol. The molecular formula is C19H16N6O8S. The summed E-state index contributed by atoms with van der Waals surface area (Å²) in [6, 6.07) is 7.30. The van der Waals surface area contributed by atoms with E-state index in [2.05, 4.69) is 15.5 Å². The number of nitro groups is 2. The monoisotopic (exact) mass is 488 g/mol. The van der Waals surface area contributed by atoms with Crippen molar-refractivity contribution in [2.75, 3.05) is 19.0 Å². The van der Waals surface area contributed by atoms with Crippen molar-refractivity contribution in [1.82, 2.24) is 14.8 Å². The second-order valence-electron chi connectivity index (χ2n) is 6.53. The zero-order chi connectivity index (χ0) is 24.8. The molecule has 3 rings (SSSR count). The van der Waals surface area contributed by atoms with Crippen LogP contribution in [0.3, 0.4) is 0 Å². The summed E-state index contributed by atoms with van der Waals surface area (Å²) in [4.78, 5) is 45.8. The molecule has 0 radical (unpaired) electrons. The van der Waals surface area contributed by atoms with Gasteiger partial charge in [-0.25, -0.2) is 4.79 Å². The molecule has 15 heteroatoms. The van der Waals surface area contributed by atoms with Crippen LogP contribution in [0.25, 0.3) is 0 Å². The lowest BCUT2D eigenvalue weighted by Gasteiger charge is -2.10. The minimum absolute atomic E-state index is 0.0421. The first-order valence-electron chi connectivity index (χ1n) is 9.29. The third-order valence-corrected chi connectivity index (χ3v) is 5.38. The van der Waals surface area contributed by atoms with Crippen molar-refractivity contribution in [2.24, 2.45) is 7.05 Å². The van der Waals surface area contributed by atoms with Gasteiger partial charge in [0, 0.05) is 19.2 Å². The maximum atomic E-state index is 12.3. The molecule has 0 saturated heterocycles. The fourth-order valence-electron chi connectivity index (χ4n) is 2.63. The van der Waals surface area contributed by atoms with E-state index < -0.39 is 28.3 Å². The predicted octanol–water partition coefficient (Wildman–Crippen LogP) is 2.59. The maximum Gasteiger partial charge on any atom is 0.338 e. The van der Waals surface area contributed by atoms with Crippen molar-refractivity contribution < 1.29 is 28.9 Å². The van der Waals surface area contributed by atoms with Gasteiger partial charge in [-0.2, -0.15) is 0 Å². The van der Waals surface area contributed by atoms with Gasteiger partial charge in [0.1, 0.15) is 12.1 Å². The number of methoxy groups -OCH3 is 1. The van der Waals surface area contributed by atoms with Crippen molar-refractivity contribution in [3.8, 4) is 5.75 Å². The maximum absolute atomic E-state index is 12.3. The van der Waals surface area contributed by atoms with E-state index in [0.29, 0.717) is 5.16 Å². The van der Waals surface area contributed by atoms with Crippen LogP contribution in [0.2, 0.25) is 0 Å². The topological polar surface area (TPSA) is 182 Å². The minimum atomic E-state index is -0.955. The Hall–Kier alpha value is -4.53. The highest BCUT2D eigenvalue weighted by molar-refractivity contribution is 7.99. The van der Waals surface area contributed by atoms with E-state index in [1.807, 2.05) is 0 Å². The molecule has 3 aromatic rings. The highest BCUT2D eigenvalue weighted by atomic mass is 32.2. The van der Waals surface area contributed by atoms with Gasteiger partial charge in [0.15, 0.2) is 11.8 Å². The van der Waals surface area contributed by atoms with Crippen LogP contribution in [-0.4, -0.2) is 50.2 Å². The molecule has 34 heavy (non-hydrogen) atoms. The molecule has 1 heterocycles. The molecule has 0 atom stereocenters. The highest BCUT2D eigenvalue weighted by Crippen LogP contribution is 2.34. The molecule has 0 aliphatic carbocycles. The third-order valence-electron chi connectivity index (χ3n) is 4.27. The van der Waals surface area contributed by atoms with Crippen molar-refractivity contribution in [2.45, 2.75) is 10.1 Å². The minimum Gasteiger partial charge on any atom is -0.494 e. The van der Waals surface area contributed by atoms with Gasteiger partial charge in [0.05, 0.1) is 39.2 Å². The standard InChI is InChI=1S/C19H16N6O8S/c1-23-10-20-22-19(23)34-16-6-3-11(7-14(16)25(30)31)18(27)33-9-17(26)21-13-5-4-12(24(28)29)8-15(13)32-2/h3-8,10H,9H2,1-2H3,(H,21,26). The molecule has 0 saturated carbocycles. The molecule has 0 spiro atoms. The quantitative estimate of drug-likeness (QED) is 0.265. The summed E-state index contributed by atoms with van der Waals surface area (Å²) >= 11 is 0.999. The Morgan fingerprint density at radius 2 is 1.91 bits per heavy atom. The van der Waals surface area contributed by atoms with Gasteiger partial charge < -0.3 is 19.4 Å². The SMILES string of the molecule is COc1cc([N+](=O)[O-])ccc1NC(=O)COC(=O)c1ccc(Sc2nncn2C)c([N+](=O)[O-])c1. The van der Waals surface area contributed by atoms with Gasteiger partial charge in [-0.1, -0.05) is 0 Å². The number of nitro benzene ring substituents is 2. The third kappa shape index (κ3) is 5.63. The highest BCUT2D eigenvalue weighted by Gasteiger charge is 2.21. The lowest BCUT2D eigenvalue weighted by Crippen LogP contribution is -2.21. The number of carbonyl (C=O) groups is 2. The number of aromatic nitrogens is 3. The van der Waals surface area contributed by atoms with E-state index >= 15 is 0 Å². The molecule has 0 aliphatic heterocycles. The fraction of sp³-hybridized carbons (Fsp3) is 0.158.